The van der Waals surface area contributed by atoms with Crippen LogP contribution in [-0.4, -0.2) is 28.6 Å². The van der Waals surface area contributed by atoms with Gasteiger partial charge in [0, 0.05) is 30.9 Å². The second-order valence-corrected chi connectivity index (χ2v) is 4.46. The summed E-state index contributed by atoms with van der Waals surface area (Å²) in [6.07, 6.45) is 4.34. The summed E-state index contributed by atoms with van der Waals surface area (Å²) >= 11 is 0. The van der Waals surface area contributed by atoms with Gasteiger partial charge in [-0.05, 0) is 43.5 Å². The van der Waals surface area contributed by atoms with E-state index in [-0.39, 0.29) is 24.2 Å². The number of hydrogen-bond acceptors (Lipinski definition) is 4. The summed E-state index contributed by atoms with van der Waals surface area (Å²) in [4.78, 5) is 21.6. The van der Waals surface area contributed by atoms with Gasteiger partial charge in [-0.2, -0.15) is 0 Å². The lowest BCUT2D eigenvalue weighted by atomic mass is 10.1. The zero-order valence-corrected chi connectivity index (χ0v) is 11.3. The van der Waals surface area contributed by atoms with Gasteiger partial charge in [0.1, 0.15) is 0 Å². The van der Waals surface area contributed by atoms with E-state index >= 15 is 0 Å². The Morgan fingerprint density at radius 3 is 2.65 bits per heavy atom. The molecule has 2 N–H and O–H groups in total. The first-order valence-corrected chi connectivity index (χ1v) is 6.37. The van der Waals surface area contributed by atoms with E-state index < -0.39 is 4.92 Å². The highest BCUT2D eigenvalue weighted by atomic mass is 16.6. The molecule has 0 spiro atoms. The Labute approximate surface area is 117 Å². The summed E-state index contributed by atoms with van der Waals surface area (Å²) in [6.45, 7) is 1.98. The molecular formula is C14H18N2O4. The van der Waals surface area contributed by atoms with Gasteiger partial charge in [-0.15, -0.1) is 0 Å². The van der Waals surface area contributed by atoms with Crippen molar-refractivity contribution in [1.29, 1.82) is 0 Å². The van der Waals surface area contributed by atoms with Crippen molar-refractivity contribution in [3.8, 4) is 0 Å². The van der Waals surface area contributed by atoms with Gasteiger partial charge in [0.15, 0.2) is 0 Å². The van der Waals surface area contributed by atoms with E-state index in [2.05, 4.69) is 5.32 Å². The molecule has 0 saturated heterocycles. The lowest BCUT2D eigenvalue weighted by Gasteiger charge is -2.10. The van der Waals surface area contributed by atoms with Crippen LogP contribution >= 0.6 is 0 Å². The second-order valence-electron chi connectivity index (χ2n) is 4.46. The zero-order chi connectivity index (χ0) is 15.0. The maximum Gasteiger partial charge on any atom is 0.269 e. The lowest BCUT2D eigenvalue weighted by molar-refractivity contribution is -0.384. The Morgan fingerprint density at radius 1 is 1.45 bits per heavy atom. The van der Waals surface area contributed by atoms with Crippen LogP contribution in [0.3, 0.4) is 0 Å². The topological polar surface area (TPSA) is 92.5 Å². The number of nitro groups is 1. The molecule has 0 saturated carbocycles. The second kappa shape index (κ2) is 8.06. The van der Waals surface area contributed by atoms with Crippen molar-refractivity contribution in [3.05, 3.63) is 46.0 Å². The summed E-state index contributed by atoms with van der Waals surface area (Å²) in [6, 6.07) is 5.94. The molecular weight excluding hydrogens is 260 g/mol. The number of rotatable bonds is 7. The Balaban J connectivity index is 2.50. The average Bonchev–Trinajstić information content (AvgIpc) is 2.43. The van der Waals surface area contributed by atoms with Crippen LogP contribution in [-0.2, 0) is 4.79 Å². The van der Waals surface area contributed by atoms with Crippen LogP contribution in [0.4, 0.5) is 5.69 Å². The van der Waals surface area contributed by atoms with Crippen molar-refractivity contribution in [2.24, 2.45) is 0 Å². The van der Waals surface area contributed by atoms with Crippen molar-refractivity contribution in [1.82, 2.24) is 5.32 Å². The summed E-state index contributed by atoms with van der Waals surface area (Å²) in [5, 5.41) is 21.9. The number of aliphatic hydroxyl groups excluding tert-OH is 1. The summed E-state index contributed by atoms with van der Waals surface area (Å²) < 4.78 is 0. The molecule has 1 unspecified atom stereocenters. The number of nitrogens with one attached hydrogen (secondary N) is 1. The number of hydrogen-bond donors (Lipinski definition) is 2. The third kappa shape index (κ3) is 5.62. The minimum absolute atomic E-state index is 0.00355. The number of benzene rings is 1. The van der Waals surface area contributed by atoms with Crippen LogP contribution in [0.5, 0.6) is 0 Å². The maximum atomic E-state index is 11.6. The molecule has 6 heteroatoms. The molecule has 1 aromatic rings. The SMILES string of the molecule is CC(CCCO)NC(=O)/C=C/c1ccc([N+](=O)[O-])cc1. The quantitative estimate of drug-likeness (QED) is 0.452. The van der Waals surface area contributed by atoms with Crippen molar-refractivity contribution in [2.45, 2.75) is 25.8 Å². The van der Waals surface area contributed by atoms with Crippen LogP contribution in [0.2, 0.25) is 0 Å². The molecule has 20 heavy (non-hydrogen) atoms. The summed E-state index contributed by atoms with van der Waals surface area (Å²) in [5.41, 5.74) is 0.734. The molecule has 0 heterocycles. The van der Waals surface area contributed by atoms with E-state index in [1.807, 2.05) is 6.92 Å². The number of carbonyl (C=O) groups is 1. The number of amides is 1. The molecule has 0 aliphatic carbocycles. The predicted octanol–water partition coefficient (Wildman–Crippen LogP) is 1.89. The van der Waals surface area contributed by atoms with Gasteiger partial charge in [0.25, 0.3) is 5.69 Å². The number of non-ortho nitro benzene ring substituents is 1. The number of aliphatic hydroxyl groups is 1. The highest BCUT2D eigenvalue weighted by Crippen LogP contribution is 2.12. The van der Waals surface area contributed by atoms with Gasteiger partial charge in [-0.3, -0.25) is 14.9 Å². The van der Waals surface area contributed by atoms with Gasteiger partial charge in [-0.25, -0.2) is 0 Å². The molecule has 0 bridgehead atoms. The van der Waals surface area contributed by atoms with Crippen molar-refractivity contribution in [3.63, 3.8) is 0 Å². The van der Waals surface area contributed by atoms with Gasteiger partial charge in [0.2, 0.25) is 5.91 Å². The molecule has 0 aliphatic rings. The van der Waals surface area contributed by atoms with Gasteiger partial charge in [-0.1, -0.05) is 0 Å². The molecule has 0 fully saturated rings. The lowest BCUT2D eigenvalue weighted by Crippen LogP contribution is -2.31. The van der Waals surface area contributed by atoms with Crippen LogP contribution in [0.1, 0.15) is 25.3 Å². The molecule has 1 amide bonds. The van der Waals surface area contributed by atoms with Crippen molar-refractivity contribution < 1.29 is 14.8 Å². The number of nitrogens with zero attached hydrogens (tertiary/aromatic N) is 1. The van der Waals surface area contributed by atoms with Gasteiger partial charge >= 0.3 is 0 Å². The summed E-state index contributed by atoms with van der Waals surface area (Å²) in [5.74, 6) is -0.228. The van der Waals surface area contributed by atoms with E-state index in [1.165, 1.54) is 18.2 Å². The van der Waals surface area contributed by atoms with Crippen molar-refractivity contribution in [2.75, 3.05) is 6.61 Å². The Kier molecular flexibility index (Phi) is 6.39. The monoisotopic (exact) mass is 278 g/mol. The minimum Gasteiger partial charge on any atom is -0.396 e. The van der Waals surface area contributed by atoms with Gasteiger partial charge < -0.3 is 10.4 Å². The van der Waals surface area contributed by atoms with E-state index in [4.69, 9.17) is 5.11 Å². The predicted molar refractivity (Wildman–Crippen MR) is 76.1 cm³/mol. The molecule has 108 valence electrons. The third-order valence-corrected chi connectivity index (χ3v) is 2.71. The van der Waals surface area contributed by atoms with Crippen LogP contribution in [0.15, 0.2) is 30.3 Å². The molecule has 0 radical (unpaired) electrons. The van der Waals surface area contributed by atoms with Crippen LogP contribution in [0.25, 0.3) is 6.08 Å². The largest absolute Gasteiger partial charge is 0.396 e. The van der Waals surface area contributed by atoms with E-state index in [9.17, 15) is 14.9 Å². The van der Waals surface area contributed by atoms with Crippen LogP contribution in [0, 0.1) is 10.1 Å². The Morgan fingerprint density at radius 2 is 2.10 bits per heavy atom. The van der Waals surface area contributed by atoms with E-state index in [0.717, 1.165) is 0 Å². The fourth-order valence-corrected chi connectivity index (χ4v) is 1.64. The highest BCUT2D eigenvalue weighted by Gasteiger charge is 2.05. The number of carbonyl (C=O) groups excluding carboxylic acids is 1. The normalized spacial score (nSPS) is 12.3. The fraction of sp³-hybridized carbons (Fsp3) is 0.357. The molecule has 1 rings (SSSR count). The number of nitro benzene ring substituents is 1. The first-order chi connectivity index (χ1) is 9.52. The maximum absolute atomic E-state index is 11.6. The average molecular weight is 278 g/mol. The van der Waals surface area contributed by atoms with Crippen LogP contribution < -0.4 is 5.32 Å². The molecule has 0 aromatic heterocycles. The van der Waals surface area contributed by atoms with Crippen molar-refractivity contribution >= 4 is 17.7 Å². The summed E-state index contributed by atoms with van der Waals surface area (Å²) in [7, 11) is 0. The highest BCUT2D eigenvalue weighted by molar-refractivity contribution is 5.91. The third-order valence-electron chi connectivity index (χ3n) is 2.71. The first-order valence-electron chi connectivity index (χ1n) is 6.37. The fourth-order valence-electron chi connectivity index (χ4n) is 1.64. The zero-order valence-electron chi connectivity index (χ0n) is 11.3. The van der Waals surface area contributed by atoms with Gasteiger partial charge in [0.05, 0.1) is 4.92 Å². The Bertz CT molecular complexity index is 482. The Hall–Kier alpha value is -2.21. The molecule has 1 atom stereocenters. The van der Waals surface area contributed by atoms with E-state index in [0.29, 0.717) is 18.4 Å². The van der Waals surface area contributed by atoms with E-state index in [1.54, 1.807) is 18.2 Å². The standard InChI is InChI=1S/C14H18N2O4/c1-11(3-2-10-17)15-14(18)9-6-12-4-7-13(8-5-12)16(19)20/h4-9,11,17H,2-3,10H2,1H3,(H,15,18)/b9-6+. The first kappa shape index (κ1) is 15.8. The molecule has 0 aliphatic heterocycles. The molecule has 6 nitrogen and oxygen atoms in total. The smallest absolute Gasteiger partial charge is 0.269 e. The minimum atomic E-state index is -0.469. The molecule has 1 aromatic carbocycles.